The molecular weight excluding hydrogens is 405 g/mol. The minimum absolute atomic E-state index is 0.180. The molecule has 1 atom stereocenters. The first kappa shape index (κ1) is 19.5. The number of nitrogens with one attached hydrogen (secondary N) is 1. The number of hydrogen-bond donors (Lipinski definition) is 3. The first-order valence-electron chi connectivity index (χ1n) is 8.76. The van der Waals surface area contributed by atoms with E-state index in [1.54, 1.807) is 12.1 Å². The third-order valence-corrected chi connectivity index (χ3v) is 4.81. The molecule has 0 radical (unpaired) electrons. The molecule has 30 heavy (non-hydrogen) atoms. The molecule has 0 bridgehead atoms. The number of halogens is 3. The predicted octanol–water partition coefficient (Wildman–Crippen LogP) is 2.69. The van der Waals surface area contributed by atoms with Crippen molar-refractivity contribution in [3.63, 3.8) is 0 Å². The molecule has 4 heterocycles. The third-order valence-electron chi connectivity index (χ3n) is 4.81. The molecule has 3 aromatic heterocycles. The summed E-state index contributed by atoms with van der Waals surface area (Å²) in [6.07, 6.45) is -0.000858. The van der Waals surface area contributed by atoms with Gasteiger partial charge in [-0.25, -0.2) is 19.6 Å². The van der Waals surface area contributed by atoms with Crippen LogP contribution in [0.4, 0.5) is 29.6 Å². The van der Waals surface area contributed by atoms with Crippen LogP contribution in [0, 0.1) is 0 Å². The van der Waals surface area contributed by atoms with Gasteiger partial charge in [0.1, 0.15) is 17.5 Å². The summed E-state index contributed by atoms with van der Waals surface area (Å²) in [5.74, 6) is -1.50. The number of anilines is 2. The van der Waals surface area contributed by atoms with Gasteiger partial charge in [-0.2, -0.15) is 13.2 Å². The Morgan fingerprint density at radius 3 is 2.63 bits per heavy atom. The van der Waals surface area contributed by atoms with Crippen LogP contribution in [-0.2, 0) is 11.0 Å². The zero-order valence-electron chi connectivity index (χ0n) is 15.2. The highest BCUT2D eigenvalue weighted by Crippen LogP contribution is 2.35. The van der Waals surface area contributed by atoms with Crippen LogP contribution in [0.2, 0.25) is 0 Å². The average Bonchev–Trinajstić information content (AvgIpc) is 3.00. The lowest BCUT2D eigenvalue weighted by molar-refractivity contribution is -0.145. The minimum atomic E-state index is -4.63. The van der Waals surface area contributed by atoms with E-state index in [0.717, 1.165) is 6.07 Å². The molecule has 0 spiro atoms. The molecule has 2 amide bonds. The SMILES string of the molecule is Nc1ncc(-c2ccc3nc(NC(=O)N4CC[C@H]4C(=O)O)cn3c2)cc1C(F)(F)F. The monoisotopic (exact) mass is 420 g/mol. The summed E-state index contributed by atoms with van der Waals surface area (Å²) < 4.78 is 40.8. The number of imidazole rings is 1. The van der Waals surface area contributed by atoms with Crippen molar-refractivity contribution in [3.05, 3.63) is 42.4 Å². The van der Waals surface area contributed by atoms with Crippen molar-refractivity contribution in [2.75, 3.05) is 17.6 Å². The van der Waals surface area contributed by atoms with Crippen LogP contribution in [0.15, 0.2) is 36.8 Å². The minimum Gasteiger partial charge on any atom is -0.480 e. The number of nitrogens with zero attached hydrogens (tertiary/aromatic N) is 4. The molecule has 4 N–H and O–H groups in total. The quantitative estimate of drug-likeness (QED) is 0.598. The molecule has 4 rings (SSSR count). The Labute approximate surface area is 166 Å². The largest absolute Gasteiger partial charge is 0.480 e. The van der Waals surface area contributed by atoms with E-state index >= 15 is 0 Å². The van der Waals surface area contributed by atoms with Gasteiger partial charge in [-0.15, -0.1) is 0 Å². The molecule has 1 aliphatic rings. The molecule has 0 aliphatic carbocycles. The van der Waals surface area contributed by atoms with Crippen LogP contribution in [0.25, 0.3) is 16.8 Å². The van der Waals surface area contributed by atoms with Crippen molar-refractivity contribution in [3.8, 4) is 11.1 Å². The van der Waals surface area contributed by atoms with Gasteiger partial charge in [0, 0.05) is 30.1 Å². The van der Waals surface area contributed by atoms with Gasteiger partial charge in [0.05, 0.1) is 11.8 Å². The molecule has 1 saturated heterocycles. The summed E-state index contributed by atoms with van der Waals surface area (Å²) in [4.78, 5) is 32.3. The lowest BCUT2D eigenvalue weighted by atomic mass is 10.0. The molecule has 9 nitrogen and oxygen atoms in total. The lowest BCUT2D eigenvalue weighted by Gasteiger charge is -2.37. The third kappa shape index (κ3) is 3.47. The maximum atomic E-state index is 13.1. The number of hydrogen-bond acceptors (Lipinski definition) is 5. The number of carbonyl (C=O) groups excluding carboxylic acids is 1. The van der Waals surface area contributed by atoms with Gasteiger partial charge in [-0.3, -0.25) is 5.32 Å². The fourth-order valence-electron chi connectivity index (χ4n) is 3.15. The van der Waals surface area contributed by atoms with Gasteiger partial charge in [-0.1, -0.05) is 0 Å². The number of amides is 2. The molecule has 0 unspecified atom stereocenters. The van der Waals surface area contributed by atoms with Crippen molar-refractivity contribution >= 4 is 29.3 Å². The fourth-order valence-corrected chi connectivity index (χ4v) is 3.15. The molecular formula is C18H15F3N6O3. The Bertz CT molecular complexity index is 1160. The van der Waals surface area contributed by atoms with Crippen molar-refractivity contribution in [1.29, 1.82) is 0 Å². The highest BCUT2D eigenvalue weighted by molar-refractivity contribution is 5.93. The van der Waals surface area contributed by atoms with Gasteiger partial charge < -0.3 is 20.1 Å². The number of rotatable bonds is 3. The fraction of sp³-hybridized carbons (Fsp3) is 0.222. The number of aromatic nitrogens is 3. The first-order valence-corrected chi connectivity index (χ1v) is 8.76. The van der Waals surface area contributed by atoms with E-state index in [9.17, 15) is 22.8 Å². The van der Waals surface area contributed by atoms with Gasteiger partial charge in [0.2, 0.25) is 0 Å². The topological polar surface area (TPSA) is 126 Å². The smallest absolute Gasteiger partial charge is 0.419 e. The normalized spacial score (nSPS) is 16.4. The molecule has 0 aromatic carbocycles. The van der Waals surface area contributed by atoms with Gasteiger partial charge in [-0.05, 0) is 24.6 Å². The number of carbonyl (C=O) groups is 2. The maximum absolute atomic E-state index is 13.1. The summed E-state index contributed by atoms with van der Waals surface area (Å²) in [7, 11) is 0. The number of urea groups is 1. The number of pyridine rings is 2. The molecule has 1 fully saturated rings. The van der Waals surface area contributed by atoms with Crippen LogP contribution < -0.4 is 11.1 Å². The number of fused-ring (bicyclic) bond motifs is 1. The zero-order valence-corrected chi connectivity index (χ0v) is 15.2. The number of aliphatic carboxylic acids is 1. The Morgan fingerprint density at radius 1 is 1.23 bits per heavy atom. The summed E-state index contributed by atoms with van der Waals surface area (Å²) in [6.45, 7) is 0.325. The number of likely N-dealkylation sites (tertiary alicyclic amines) is 1. The standard InChI is InChI=1S/C18H15F3N6O3/c19-18(20,21)11-5-10(6-23-15(11)22)9-1-2-14-24-13(8-26(14)7-9)25-17(30)27-4-3-12(27)16(28)29/h1-2,5-8,12H,3-4H2,(H2,22,23)(H,25,30)(H,28,29)/t12-/m0/s1. The van der Waals surface area contributed by atoms with Crippen LogP contribution in [-0.4, -0.2) is 49.0 Å². The average molecular weight is 420 g/mol. The van der Waals surface area contributed by atoms with Crippen molar-refractivity contribution in [2.24, 2.45) is 0 Å². The van der Waals surface area contributed by atoms with E-state index < -0.39 is 35.6 Å². The van der Waals surface area contributed by atoms with Crippen molar-refractivity contribution in [2.45, 2.75) is 18.6 Å². The Hall–Kier alpha value is -3.83. The Kier molecular flexibility index (Phi) is 4.48. The summed E-state index contributed by atoms with van der Waals surface area (Å²) in [5, 5.41) is 11.6. The first-order chi connectivity index (χ1) is 14.1. The summed E-state index contributed by atoms with van der Waals surface area (Å²) in [5.41, 5.74) is 5.39. The second kappa shape index (κ2) is 6.90. The van der Waals surface area contributed by atoms with Crippen molar-refractivity contribution < 1.29 is 27.9 Å². The van der Waals surface area contributed by atoms with E-state index in [-0.39, 0.29) is 11.4 Å². The molecule has 0 saturated carbocycles. The van der Waals surface area contributed by atoms with Crippen LogP contribution >= 0.6 is 0 Å². The van der Waals surface area contributed by atoms with Crippen LogP contribution in [0.5, 0.6) is 0 Å². The summed E-state index contributed by atoms with van der Waals surface area (Å²) in [6, 6.07) is 2.60. The maximum Gasteiger partial charge on any atom is 0.419 e. The Morgan fingerprint density at radius 2 is 2.00 bits per heavy atom. The van der Waals surface area contributed by atoms with E-state index in [2.05, 4.69) is 15.3 Å². The van der Waals surface area contributed by atoms with Gasteiger partial charge in [0.15, 0.2) is 5.82 Å². The number of carboxylic acid groups (broad SMARTS) is 1. The van der Waals surface area contributed by atoms with Gasteiger partial charge >= 0.3 is 18.2 Å². The number of nitrogens with two attached hydrogens (primary N) is 1. The molecule has 156 valence electrons. The highest BCUT2D eigenvalue weighted by Gasteiger charge is 2.38. The zero-order chi connectivity index (χ0) is 21.6. The lowest BCUT2D eigenvalue weighted by Crippen LogP contribution is -2.56. The van der Waals surface area contributed by atoms with Crippen molar-refractivity contribution in [1.82, 2.24) is 19.3 Å². The highest BCUT2D eigenvalue weighted by atomic mass is 19.4. The summed E-state index contributed by atoms with van der Waals surface area (Å²) >= 11 is 0. The molecule has 1 aliphatic heterocycles. The number of nitrogen functional groups attached to an aromatic ring is 1. The predicted molar refractivity (Wildman–Crippen MR) is 99.6 cm³/mol. The van der Waals surface area contributed by atoms with E-state index in [1.165, 1.54) is 27.9 Å². The van der Waals surface area contributed by atoms with Crippen LogP contribution in [0.3, 0.4) is 0 Å². The number of carboxylic acids is 1. The number of alkyl halides is 3. The molecule has 3 aromatic rings. The molecule has 12 heteroatoms. The Balaban J connectivity index is 1.59. The van der Waals surface area contributed by atoms with E-state index in [0.29, 0.717) is 24.2 Å². The second-order valence-electron chi connectivity index (χ2n) is 6.73. The second-order valence-corrected chi connectivity index (χ2v) is 6.73. The van der Waals surface area contributed by atoms with Gasteiger partial charge in [0.25, 0.3) is 0 Å². The van der Waals surface area contributed by atoms with E-state index in [1.807, 2.05) is 0 Å². The van der Waals surface area contributed by atoms with E-state index in [4.69, 9.17) is 10.8 Å². The van der Waals surface area contributed by atoms with Crippen LogP contribution in [0.1, 0.15) is 12.0 Å².